The van der Waals surface area contributed by atoms with Gasteiger partial charge in [-0.1, -0.05) is 72.7 Å². The molecule has 3 aromatic rings. The Labute approximate surface area is 202 Å². The van der Waals surface area contributed by atoms with E-state index in [0.717, 1.165) is 0 Å². The van der Waals surface area contributed by atoms with E-state index in [0.29, 0.717) is 17.5 Å². The molecular formula is C28H30N2O2. The molecule has 0 spiro atoms. The van der Waals surface area contributed by atoms with Crippen LogP contribution < -0.4 is 10.5 Å². The average molecular weight is 436 g/mol. The van der Waals surface area contributed by atoms with Crippen LogP contribution in [0.1, 0.15) is 41.0 Å². The van der Waals surface area contributed by atoms with E-state index >= 15 is 0 Å². The Morgan fingerprint density at radius 1 is 1.16 bits per heavy atom. The lowest BCUT2D eigenvalue weighted by Gasteiger charge is -2.37. The topological polar surface area (TPSA) is 55.6 Å². The summed E-state index contributed by atoms with van der Waals surface area (Å²) in [5, 5.41) is 0. The highest BCUT2D eigenvalue weighted by Gasteiger charge is 2.49. The molecule has 0 bridgehead atoms. The summed E-state index contributed by atoms with van der Waals surface area (Å²) in [7, 11) is 0. The summed E-state index contributed by atoms with van der Waals surface area (Å²) in [6.07, 6.45) is -2.86. The first-order valence-corrected chi connectivity index (χ1v) is 10.6. The van der Waals surface area contributed by atoms with E-state index in [2.05, 4.69) is 0 Å². The Kier molecular flexibility index (Phi) is 3.52. The summed E-state index contributed by atoms with van der Waals surface area (Å²) in [6, 6.07) is 16.7. The van der Waals surface area contributed by atoms with E-state index in [9.17, 15) is 4.79 Å². The number of likely N-dealkylation sites (tertiary alicyclic amines) is 1. The van der Waals surface area contributed by atoms with Crippen molar-refractivity contribution < 1.29 is 21.9 Å². The van der Waals surface area contributed by atoms with E-state index in [-0.39, 0.29) is 18.7 Å². The lowest BCUT2D eigenvalue weighted by atomic mass is 9.64. The molecule has 2 N–H and O–H groups in total. The van der Waals surface area contributed by atoms with Crippen molar-refractivity contribution in [2.75, 3.05) is 26.1 Å². The van der Waals surface area contributed by atoms with Gasteiger partial charge in [0.05, 0.1) is 13.4 Å². The van der Waals surface area contributed by atoms with Crippen LogP contribution >= 0.6 is 0 Å². The number of primary amides is 1. The highest BCUT2D eigenvalue weighted by atomic mass is 16.5. The first-order valence-electron chi connectivity index (χ1n) is 15.1. The van der Waals surface area contributed by atoms with Crippen molar-refractivity contribution in [3.63, 3.8) is 0 Å². The summed E-state index contributed by atoms with van der Waals surface area (Å²) in [5.41, 5.74) is 5.60. The molecule has 2 heterocycles. The minimum absolute atomic E-state index is 0.131. The van der Waals surface area contributed by atoms with Crippen molar-refractivity contribution in [2.24, 2.45) is 11.7 Å². The zero-order chi connectivity index (χ0) is 30.0. The van der Waals surface area contributed by atoms with Crippen LogP contribution in [0.2, 0.25) is 0 Å². The zero-order valence-corrected chi connectivity index (χ0v) is 17.5. The second-order valence-corrected chi connectivity index (χ2v) is 8.06. The minimum atomic E-state index is -2.85. The van der Waals surface area contributed by atoms with Crippen molar-refractivity contribution in [3.8, 4) is 5.75 Å². The monoisotopic (exact) mass is 435 g/mol. The largest absolute Gasteiger partial charge is 0.493 e. The maximum absolute atomic E-state index is 13.4. The predicted molar refractivity (Wildman–Crippen MR) is 127 cm³/mol. The van der Waals surface area contributed by atoms with Gasteiger partial charge in [-0.3, -0.25) is 4.79 Å². The first-order chi connectivity index (χ1) is 19.2. The molecule has 4 heteroatoms. The quantitative estimate of drug-likeness (QED) is 0.611. The maximum atomic E-state index is 13.4. The number of nitrogens with two attached hydrogens (primary N) is 1. The van der Waals surface area contributed by atoms with E-state index in [1.165, 1.54) is 4.90 Å². The van der Waals surface area contributed by atoms with E-state index in [4.69, 9.17) is 22.8 Å². The molecule has 0 aliphatic carbocycles. The summed E-state index contributed by atoms with van der Waals surface area (Å²) in [6.45, 7) is -4.62. The summed E-state index contributed by atoms with van der Waals surface area (Å²) in [5.74, 6) is -1.47. The van der Waals surface area contributed by atoms with E-state index in [1.54, 1.807) is 0 Å². The van der Waals surface area contributed by atoms with E-state index < -0.39 is 72.5 Å². The van der Waals surface area contributed by atoms with Gasteiger partial charge >= 0.3 is 0 Å². The molecule has 0 radical (unpaired) electrons. The van der Waals surface area contributed by atoms with Gasteiger partial charge in [0.15, 0.2) is 0 Å². The lowest BCUT2D eigenvalue weighted by Crippen LogP contribution is -2.49. The Bertz CT molecular complexity index is 1440. The smallest absolute Gasteiger partial charge is 0.232 e. The molecule has 0 unspecified atom stereocenters. The second kappa shape index (κ2) is 8.79. The summed E-state index contributed by atoms with van der Waals surface area (Å²) in [4.78, 5) is 14.9. The van der Waals surface area contributed by atoms with Crippen molar-refractivity contribution >= 4 is 5.91 Å². The Balaban J connectivity index is 1.52. The Morgan fingerprint density at radius 3 is 2.50 bits per heavy atom. The number of hydrogen-bond donors (Lipinski definition) is 1. The van der Waals surface area contributed by atoms with Gasteiger partial charge in [0.2, 0.25) is 5.91 Å². The van der Waals surface area contributed by atoms with Crippen molar-refractivity contribution in [1.29, 1.82) is 0 Å². The fourth-order valence-electron chi connectivity index (χ4n) is 4.79. The van der Waals surface area contributed by atoms with Crippen LogP contribution in [0, 0.1) is 5.92 Å². The third kappa shape index (κ3) is 3.69. The number of amides is 1. The highest BCUT2D eigenvalue weighted by molar-refractivity contribution is 5.91. The normalized spacial score (nSPS) is 26.0. The Morgan fingerprint density at radius 2 is 1.84 bits per heavy atom. The number of rotatable bonds is 7. The van der Waals surface area contributed by atoms with Crippen molar-refractivity contribution in [3.05, 3.63) is 101 Å². The van der Waals surface area contributed by atoms with Crippen LogP contribution in [0.4, 0.5) is 0 Å². The number of hydrogen-bond acceptors (Lipinski definition) is 3. The molecule has 1 fully saturated rings. The molecular weight excluding hydrogens is 396 g/mol. The van der Waals surface area contributed by atoms with Gasteiger partial charge in [-0.25, -0.2) is 0 Å². The molecule has 3 aromatic carbocycles. The number of benzene rings is 3. The van der Waals surface area contributed by atoms with Gasteiger partial charge in [-0.2, -0.15) is 0 Å². The molecule has 0 saturated carbocycles. The molecule has 32 heavy (non-hydrogen) atoms. The van der Waals surface area contributed by atoms with Crippen molar-refractivity contribution in [1.82, 2.24) is 4.90 Å². The number of ether oxygens (including phenoxy) is 1. The van der Waals surface area contributed by atoms with Gasteiger partial charge in [-0.05, 0) is 53.6 Å². The lowest BCUT2D eigenvalue weighted by molar-refractivity contribution is -0.123. The van der Waals surface area contributed by atoms with E-state index in [1.807, 2.05) is 60.7 Å². The second-order valence-electron chi connectivity index (χ2n) is 8.06. The van der Waals surface area contributed by atoms with Crippen LogP contribution in [0.15, 0.2) is 78.8 Å². The fourth-order valence-corrected chi connectivity index (χ4v) is 4.79. The molecule has 5 rings (SSSR count). The zero-order valence-electron chi connectivity index (χ0n) is 26.5. The number of carbonyl (C=O) groups excluding carboxylic acids is 1. The highest BCUT2D eigenvalue weighted by Crippen LogP contribution is 2.43. The minimum Gasteiger partial charge on any atom is -0.493 e. The number of nitrogens with zero attached hydrogens (tertiary/aromatic N) is 1. The standard InChI is InChI=1S/C28H30N2O2/c29-27(31)28(23-7-3-1-4-8-23,24-9-5-2-6-10-24)25-14-17-30(20-25)16-13-21-11-12-26-22(19-21)15-18-32-26/h1-12,19,25H,13-18,20H2,(H2,29,31)/t25-/m1/s1/i11D,12D,15D2,16D2,18D2,19D. The molecule has 1 atom stereocenters. The van der Waals surface area contributed by atoms with Gasteiger partial charge in [0.25, 0.3) is 0 Å². The molecule has 1 amide bonds. The number of carbonyl (C=O) groups is 1. The van der Waals surface area contributed by atoms with Crippen LogP contribution in [-0.4, -0.2) is 37.0 Å². The molecule has 164 valence electrons. The first kappa shape index (κ1) is 12.8. The van der Waals surface area contributed by atoms with Crippen LogP contribution in [0.25, 0.3) is 0 Å². The van der Waals surface area contributed by atoms with Crippen LogP contribution in [0.3, 0.4) is 0 Å². The summed E-state index contributed by atoms with van der Waals surface area (Å²) < 4.78 is 80.6. The summed E-state index contributed by atoms with van der Waals surface area (Å²) >= 11 is 0. The van der Waals surface area contributed by atoms with Gasteiger partial charge in [-0.15, -0.1) is 0 Å². The maximum Gasteiger partial charge on any atom is 0.232 e. The molecule has 0 aromatic heterocycles. The number of fused-ring (bicyclic) bond motifs is 1. The molecule has 1 saturated heterocycles. The third-order valence-corrected chi connectivity index (χ3v) is 6.29. The molecule has 2 aliphatic rings. The molecule has 4 nitrogen and oxygen atoms in total. The van der Waals surface area contributed by atoms with Gasteiger partial charge < -0.3 is 15.4 Å². The van der Waals surface area contributed by atoms with Crippen LogP contribution in [-0.2, 0) is 23.0 Å². The molecule has 2 aliphatic heterocycles. The van der Waals surface area contributed by atoms with Crippen LogP contribution in [0.5, 0.6) is 5.75 Å². The average Bonchev–Trinajstić information content (AvgIpc) is 3.49. The third-order valence-electron chi connectivity index (χ3n) is 6.29. The van der Waals surface area contributed by atoms with Crippen molar-refractivity contribution in [2.45, 2.75) is 24.6 Å². The van der Waals surface area contributed by atoms with Gasteiger partial charge in [0, 0.05) is 24.9 Å². The SMILES string of the molecule is [2H]c1c([2H])c2c(c([2H])c1CC([2H])([2H])N1CC[C@@H](C(C(N)=O)(c3ccccc3)c3ccccc3)C1)C([2H])([2H])C([2H])([2H])O2. The van der Waals surface area contributed by atoms with Gasteiger partial charge in [0.1, 0.15) is 11.2 Å². The predicted octanol–water partition coefficient (Wildman–Crippen LogP) is 3.96. The fraction of sp³-hybridized carbons (Fsp3) is 0.321. The Hall–Kier alpha value is -3.11.